The summed E-state index contributed by atoms with van der Waals surface area (Å²) in [5.74, 6) is -0.115. The van der Waals surface area contributed by atoms with E-state index in [9.17, 15) is 4.79 Å². The Balaban J connectivity index is 1.38. The highest BCUT2D eigenvalue weighted by Gasteiger charge is 2.08. The van der Waals surface area contributed by atoms with Crippen LogP contribution in [0.15, 0.2) is 109 Å². The second-order valence-electron chi connectivity index (χ2n) is 7.05. The molecule has 0 aliphatic carbocycles. The minimum atomic E-state index is -0.115. The molecule has 5 aromatic rings. The number of hydrogen-bond donors (Lipinski definition) is 1. The number of fused-ring (bicyclic) bond motifs is 1. The van der Waals surface area contributed by atoms with Gasteiger partial charge in [0.15, 0.2) is 0 Å². The molecule has 0 atom stereocenters. The molecule has 144 valence electrons. The monoisotopic (exact) mass is 389 g/mol. The molecule has 5 rings (SSSR count). The van der Waals surface area contributed by atoms with Crippen LogP contribution in [-0.2, 0) is 0 Å². The van der Waals surface area contributed by atoms with Gasteiger partial charge in [-0.3, -0.25) is 9.20 Å². The van der Waals surface area contributed by atoms with E-state index >= 15 is 0 Å². The van der Waals surface area contributed by atoms with Crippen molar-refractivity contribution >= 4 is 17.2 Å². The van der Waals surface area contributed by atoms with Crippen molar-refractivity contribution in [3.63, 3.8) is 0 Å². The van der Waals surface area contributed by atoms with Crippen molar-refractivity contribution in [3.05, 3.63) is 115 Å². The maximum Gasteiger partial charge on any atom is 0.255 e. The normalized spacial score (nSPS) is 10.8. The van der Waals surface area contributed by atoms with Crippen molar-refractivity contribution in [2.45, 2.75) is 0 Å². The Morgan fingerprint density at radius 3 is 2.17 bits per heavy atom. The average molecular weight is 389 g/mol. The zero-order valence-electron chi connectivity index (χ0n) is 16.2. The van der Waals surface area contributed by atoms with E-state index in [2.05, 4.69) is 39.0 Å². The van der Waals surface area contributed by atoms with E-state index in [1.165, 1.54) is 0 Å². The van der Waals surface area contributed by atoms with Gasteiger partial charge in [0, 0.05) is 23.0 Å². The number of imidazole rings is 1. The number of carbonyl (C=O) groups excluding carboxylic acids is 1. The van der Waals surface area contributed by atoms with Crippen LogP contribution in [0.2, 0.25) is 0 Å². The Morgan fingerprint density at radius 2 is 1.43 bits per heavy atom. The Hall–Kier alpha value is -4.18. The molecule has 0 spiro atoms. The molecule has 2 heterocycles. The van der Waals surface area contributed by atoms with Crippen molar-refractivity contribution < 1.29 is 4.79 Å². The number of rotatable bonds is 4. The predicted molar refractivity (Wildman–Crippen MR) is 120 cm³/mol. The standard InChI is InChI=1S/C26H19N3O/c30-26(21-9-5-2-6-10-21)28-23-13-11-19(12-14-23)22-15-16-29-24(18-27-25(29)17-22)20-7-3-1-4-8-20/h1-18H,(H,28,30). The fourth-order valence-electron chi connectivity index (χ4n) is 3.52. The molecule has 0 aliphatic heterocycles. The molecule has 1 amide bonds. The molecule has 4 heteroatoms. The lowest BCUT2D eigenvalue weighted by Gasteiger charge is -2.08. The van der Waals surface area contributed by atoms with Crippen molar-refractivity contribution in [1.29, 1.82) is 0 Å². The number of amides is 1. The highest BCUT2D eigenvalue weighted by Crippen LogP contribution is 2.26. The van der Waals surface area contributed by atoms with E-state index in [4.69, 9.17) is 0 Å². The number of pyridine rings is 1. The molecule has 0 aliphatic rings. The van der Waals surface area contributed by atoms with Gasteiger partial charge in [-0.15, -0.1) is 0 Å². The van der Waals surface area contributed by atoms with Crippen LogP contribution >= 0.6 is 0 Å². The summed E-state index contributed by atoms with van der Waals surface area (Å²) in [6.45, 7) is 0. The maximum absolute atomic E-state index is 12.3. The SMILES string of the molecule is O=C(Nc1ccc(-c2ccn3c(-c4ccccc4)cnc3c2)cc1)c1ccccc1. The van der Waals surface area contributed by atoms with Gasteiger partial charge in [0.05, 0.1) is 11.9 Å². The van der Waals surface area contributed by atoms with Gasteiger partial charge in [-0.25, -0.2) is 4.98 Å². The van der Waals surface area contributed by atoms with Gasteiger partial charge in [0.25, 0.3) is 5.91 Å². The van der Waals surface area contributed by atoms with Crippen molar-refractivity contribution in [2.75, 3.05) is 5.32 Å². The first-order valence-electron chi connectivity index (χ1n) is 9.77. The van der Waals surface area contributed by atoms with Crippen molar-refractivity contribution in [2.24, 2.45) is 0 Å². The number of aromatic nitrogens is 2. The molecule has 0 radical (unpaired) electrons. The van der Waals surface area contributed by atoms with Gasteiger partial charge >= 0.3 is 0 Å². The molecule has 2 aromatic heterocycles. The third kappa shape index (κ3) is 3.47. The van der Waals surface area contributed by atoms with Crippen LogP contribution in [0.25, 0.3) is 28.0 Å². The Bertz CT molecular complexity index is 1310. The lowest BCUT2D eigenvalue weighted by Crippen LogP contribution is -2.11. The number of benzene rings is 3. The summed E-state index contributed by atoms with van der Waals surface area (Å²) in [6, 6.07) is 31.4. The van der Waals surface area contributed by atoms with E-state index in [-0.39, 0.29) is 5.91 Å². The second kappa shape index (κ2) is 7.68. The van der Waals surface area contributed by atoms with Crippen LogP contribution in [0.5, 0.6) is 0 Å². The number of nitrogens with zero attached hydrogens (tertiary/aromatic N) is 2. The first kappa shape index (κ1) is 17.9. The van der Waals surface area contributed by atoms with Crippen LogP contribution in [0.4, 0.5) is 5.69 Å². The van der Waals surface area contributed by atoms with Gasteiger partial charge < -0.3 is 5.32 Å². The number of carbonyl (C=O) groups is 1. The molecular formula is C26H19N3O. The third-order valence-corrected chi connectivity index (χ3v) is 5.09. The van der Waals surface area contributed by atoms with Crippen LogP contribution < -0.4 is 5.32 Å². The first-order chi connectivity index (χ1) is 14.8. The smallest absolute Gasteiger partial charge is 0.255 e. The Kier molecular flexibility index (Phi) is 4.58. The predicted octanol–water partition coefficient (Wildman–Crippen LogP) is 5.92. The first-order valence-corrected chi connectivity index (χ1v) is 9.77. The Morgan fingerprint density at radius 1 is 0.733 bits per heavy atom. The van der Waals surface area contributed by atoms with Crippen molar-refractivity contribution in [1.82, 2.24) is 9.38 Å². The van der Waals surface area contributed by atoms with E-state index < -0.39 is 0 Å². The second-order valence-corrected chi connectivity index (χ2v) is 7.05. The molecule has 1 N–H and O–H groups in total. The van der Waals surface area contributed by atoms with Crippen LogP contribution in [0.3, 0.4) is 0 Å². The maximum atomic E-state index is 12.3. The summed E-state index contributed by atoms with van der Waals surface area (Å²) in [4.78, 5) is 16.9. The lowest BCUT2D eigenvalue weighted by atomic mass is 10.1. The molecule has 4 nitrogen and oxygen atoms in total. The van der Waals surface area contributed by atoms with E-state index in [1.807, 2.05) is 73.1 Å². The van der Waals surface area contributed by atoms with Crippen LogP contribution in [0, 0.1) is 0 Å². The average Bonchev–Trinajstić information content (AvgIpc) is 3.24. The fraction of sp³-hybridized carbons (Fsp3) is 0. The zero-order valence-corrected chi connectivity index (χ0v) is 16.2. The highest BCUT2D eigenvalue weighted by molar-refractivity contribution is 6.04. The molecule has 0 unspecified atom stereocenters. The molecule has 0 saturated carbocycles. The Labute approximate surface area is 174 Å². The van der Waals surface area contributed by atoms with Gasteiger partial charge in [0.1, 0.15) is 5.65 Å². The van der Waals surface area contributed by atoms with Crippen LogP contribution in [0.1, 0.15) is 10.4 Å². The quantitative estimate of drug-likeness (QED) is 0.415. The van der Waals surface area contributed by atoms with Gasteiger partial charge in [-0.2, -0.15) is 0 Å². The largest absolute Gasteiger partial charge is 0.322 e. The lowest BCUT2D eigenvalue weighted by molar-refractivity contribution is 0.102. The minimum Gasteiger partial charge on any atom is -0.322 e. The van der Waals surface area contributed by atoms with Gasteiger partial charge in [-0.1, -0.05) is 60.7 Å². The van der Waals surface area contributed by atoms with Crippen molar-refractivity contribution in [3.8, 4) is 22.4 Å². The summed E-state index contributed by atoms with van der Waals surface area (Å²) >= 11 is 0. The molecule has 0 bridgehead atoms. The topological polar surface area (TPSA) is 46.4 Å². The summed E-state index contributed by atoms with van der Waals surface area (Å²) in [7, 11) is 0. The zero-order chi connectivity index (χ0) is 20.3. The summed E-state index contributed by atoms with van der Waals surface area (Å²) in [5.41, 5.74) is 6.65. The third-order valence-electron chi connectivity index (χ3n) is 5.09. The summed E-state index contributed by atoms with van der Waals surface area (Å²) < 4.78 is 2.09. The number of nitrogens with one attached hydrogen (secondary N) is 1. The summed E-state index contributed by atoms with van der Waals surface area (Å²) in [5, 5.41) is 2.93. The highest BCUT2D eigenvalue weighted by atomic mass is 16.1. The molecule has 30 heavy (non-hydrogen) atoms. The molecule has 0 saturated heterocycles. The van der Waals surface area contributed by atoms with Gasteiger partial charge in [0.2, 0.25) is 0 Å². The number of anilines is 1. The van der Waals surface area contributed by atoms with Gasteiger partial charge in [-0.05, 0) is 47.5 Å². The minimum absolute atomic E-state index is 0.115. The van der Waals surface area contributed by atoms with E-state index in [0.717, 1.165) is 33.7 Å². The molecule has 3 aromatic carbocycles. The molecule has 0 fully saturated rings. The van der Waals surface area contributed by atoms with E-state index in [1.54, 1.807) is 12.1 Å². The van der Waals surface area contributed by atoms with E-state index in [0.29, 0.717) is 5.56 Å². The van der Waals surface area contributed by atoms with Crippen LogP contribution in [-0.4, -0.2) is 15.3 Å². The summed E-state index contributed by atoms with van der Waals surface area (Å²) in [6.07, 6.45) is 3.95. The number of hydrogen-bond acceptors (Lipinski definition) is 2. The fourth-order valence-corrected chi connectivity index (χ4v) is 3.52. The molecular weight excluding hydrogens is 370 g/mol.